The third kappa shape index (κ3) is 2.69. The van der Waals surface area contributed by atoms with E-state index in [2.05, 4.69) is 15.3 Å². The number of benzene rings is 1. The highest BCUT2D eigenvalue weighted by Gasteiger charge is 2.32. The molecule has 0 bridgehead atoms. The van der Waals surface area contributed by atoms with E-state index in [0.29, 0.717) is 24.9 Å². The summed E-state index contributed by atoms with van der Waals surface area (Å²) in [5.74, 6) is -1.82. The van der Waals surface area contributed by atoms with Crippen molar-refractivity contribution in [3.05, 3.63) is 40.7 Å². The number of aryl methyl sites for hydroxylation is 1. The van der Waals surface area contributed by atoms with Crippen LogP contribution >= 0.6 is 0 Å². The van der Waals surface area contributed by atoms with Gasteiger partial charge in [-0.1, -0.05) is 0 Å². The molecule has 28 heavy (non-hydrogen) atoms. The van der Waals surface area contributed by atoms with Gasteiger partial charge in [0.1, 0.15) is 11.4 Å². The largest absolute Gasteiger partial charge is 0.494 e. The van der Waals surface area contributed by atoms with Crippen molar-refractivity contribution in [3.63, 3.8) is 0 Å². The van der Waals surface area contributed by atoms with Crippen LogP contribution in [-0.2, 0) is 19.9 Å². The Hall–Kier alpha value is -3.10. The molecule has 1 aliphatic rings. The van der Waals surface area contributed by atoms with Gasteiger partial charge in [-0.3, -0.25) is 9.78 Å². The average molecular weight is 389 g/mol. The standard InChI is InChI=1S/C19H21F2N5O2/c1-26-19(11(22)8-23-26)18-10-5-4-9(6-12(10)24-25-18)15-16(20)13(27-2)7-14(28-3)17(15)21/h7-9H,4-6,22H2,1-3H3,(H,24,25). The Kier molecular flexibility index (Phi) is 4.44. The fourth-order valence-electron chi connectivity index (χ4n) is 3.96. The number of aromatic nitrogens is 4. The zero-order valence-electron chi connectivity index (χ0n) is 15.8. The molecule has 0 saturated carbocycles. The number of nitrogen functional groups attached to an aromatic ring is 1. The maximum atomic E-state index is 14.9. The SMILES string of the molecule is COc1cc(OC)c(F)c(C2CCc3c(-c4c(N)cnn4C)n[nH]c3C2)c1F. The molecule has 0 spiro atoms. The maximum Gasteiger partial charge on any atom is 0.171 e. The lowest BCUT2D eigenvalue weighted by Crippen LogP contribution is -2.16. The van der Waals surface area contributed by atoms with Crippen LogP contribution in [0.2, 0.25) is 0 Å². The van der Waals surface area contributed by atoms with Gasteiger partial charge in [-0.25, -0.2) is 8.78 Å². The normalized spacial score (nSPS) is 16.1. The summed E-state index contributed by atoms with van der Waals surface area (Å²) < 4.78 is 41.5. The summed E-state index contributed by atoms with van der Waals surface area (Å²) in [4.78, 5) is 0. The summed E-state index contributed by atoms with van der Waals surface area (Å²) in [7, 11) is 4.49. The lowest BCUT2D eigenvalue weighted by atomic mass is 9.81. The number of nitrogens with zero attached hydrogens (tertiary/aromatic N) is 3. The van der Waals surface area contributed by atoms with Crippen molar-refractivity contribution in [2.75, 3.05) is 20.0 Å². The molecule has 1 aliphatic carbocycles. The van der Waals surface area contributed by atoms with Crippen molar-refractivity contribution < 1.29 is 18.3 Å². The lowest BCUT2D eigenvalue weighted by Gasteiger charge is -2.24. The zero-order valence-corrected chi connectivity index (χ0v) is 15.8. The van der Waals surface area contributed by atoms with Crippen LogP contribution < -0.4 is 15.2 Å². The predicted molar refractivity (Wildman–Crippen MR) is 99.4 cm³/mol. The Morgan fingerprint density at radius 3 is 2.46 bits per heavy atom. The molecule has 2 aromatic heterocycles. The minimum absolute atomic E-state index is 0.0157. The molecule has 0 aliphatic heterocycles. The fourth-order valence-corrected chi connectivity index (χ4v) is 3.96. The number of anilines is 1. The quantitative estimate of drug-likeness (QED) is 0.716. The molecular formula is C19H21F2N5O2. The highest BCUT2D eigenvalue weighted by Crippen LogP contribution is 2.42. The maximum absolute atomic E-state index is 14.9. The second-order valence-corrected chi connectivity index (χ2v) is 6.86. The van der Waals surface area contributed by atoms with Crippen LogP contribution in [0.25, 0.3) is 11.4 Å². The van der Waals surface area contributed by atoms with E-state index in [1.54, 1.807) is 17.9 Å². The summed E-state index contributed by atoms with van der Waals surface area (Å²) in [6.07, 6.45) is 3.16. The monoisotopic (exact) mass is 389 g/mol. The van der Waals surface area contributed by atoms with Crippen molar-refractivity contribution in [2.45, 2.75) is 25.2 Å². The van der Waals surface area contributed by atoms with Crippen molar-refractivity contribution in [1.82, 2.24) is 20.0 Å². The second kappa shape index (κ2) is 6.81. The molecule has 3 N–H and O–H groups in total. The van der Waals surface area contributed by atoms with Crippen molar-refractivity contribution in [3.8, 4) is 22.9 Å². The minimum Gasteiger partial charge on any atom is -0.494 e. The molecule has 9 heteroatoms. The molecule has 3 aromatic rings. The molecule has 1 atom stereocenters. The van der Waals surface area contributed by atoms with Gasteiger partial charge in [-0.2, -0.15) is 10.2 Å². The highest BCUT2D eigenvalue weighted by atomic mass is 19.1. The summed E-state index contributed by atoms with van der Waals surface area (Å²) in [5, 5.41) is 11.6. The van der Waals surface area contributed by atoms with E-state index in [1.807, 2.05) is 0 Å². The van der Waals surface area contributed by atoms with Gasteiger partial charge in [-0.05, 0) is 25.2 Å². The molecule has 148 valence electrons. The first kappa shape index (κ1) is 18.3. The van der Waals surface area contributed by atoms with Crippen LogP contribution in [0, 0.1) is 11.6 Å². The van der Waals surface area contributed by atoms with Gasteiger partial charge >= 0.3 is 0 Å². The number of hydrogen-bond donors (Lipinski definition) is 2. The number of halogens is 2. The predicted octanol–water partition coefficient (Wildman–Crippen LogP) is 2.96. The van der Waals surface area contributed by atoms with E-state index in [0.717, 1.165) is 22.6 Å². The van der Waals surface area contributed by atoms with Crippen LogP contribution in [0.3, 0.4) is 0 Å². The molecule has 7 nitrogen and oxygen atoms in total. The Labute approximate surface area is 160 Å². The van der Waals surface area contributed by atoms with Gasteiger partial charge in [0, 0.05) is 29.9 Å². The molecule has 0 fully saturated rings. The third-order valence-electron chi connectivity index (χ3n) is 5.35. The van der Waals surface area contributed by atoms with E-state index >= 15 is 0 Å². The van der Waals surface area contributed by atoms with Crippen LogP contribution in [0.1, 0.15) is 29.2 Å². The van der Waals surface area contributed by atoms with E-state index in [-0.39, 0.29) is 23.0 Å². The Morgan fingerprint density at radius 1 is 1.21 bits per heavy atom. The third-order valence-corrected chi connectivity index (χ3v) is 5.35. The molecule has 0 saturated heterocycles. The highest BCUT2D eigenvalue weighted by molar-refractivity contribution is 5.73. The molecular weight excluding hydrogens is 368 g/mol. The molecule has 0 amide bonds. The molecule has 1 unspecified atom stereocenters. The first-order chi connectivity index (χ1) is 13.5. The number of rotatable bonds is 4. The Bertz CT molecular complexity index is 996. The van der Waals surface area contributed by atoms with Gasteiger partial charge in [0.15, 0.2) is 23.1 Å². The molecule has 0 radical (unpaired) electrons. The number of nitrogens with one attached hydrogen (secondary N) is 1. The van der Waals surface area contributed by atoms with Crippen molar-refractivity contribution in [2.24, 2.45) is 7.05 Å². The Balaban J connectivity index is 1.74. The first-order valence-electron chi connectivity index (χ1n) is 8.90. The lowest BCUT2D eigenvalue weighted by molar-refractivity contribution is 0.347. The van der Waals surface area contributed by atoms with Crippen LogP contribution in [0.4, 0.5) is 14.5 Å². The molecule has 4 rings (SSSR count). The van der Waals surface area contributed by atoms with Gasteiger partial charge < -0.3 is 15.2 Å². The van der Waals surface area contributed by atoms with E-state index < -0.39 is 11.6 Å². The van der Waals surface area contributed by atoms with Crippen LogP contribution in [0.5, 0.6) is 11.5 Å². The fraction of sp³-hybridized carbons (Fsp3) is 0.368. The van der Waals surface area contributed by atoms with Gasteiger partial charge in [-0.15, -0.1) is 0 Å². The van der Waals surface area contributed by atoms with Gasteiger partial charge in [0.2, 0.25) is 0 Å². The average Bonchev–Trinajstić information content (AvgIpc) is 3.24. The molecule has 1 aromatic carbocycles. The number of nitrogens with two attached hydrogens (primary N) is 1. The van der Waals surface area contributed by atoms with Crippen LogP contribution in [0.15, 0.2) is 12.3 Å². The Morgan fingerprint density at radius 2 is 1.89 bits per heavy atom. The zero-order chi connectivity index (χ0) is 20.0. The van der Waals surface area contributed by atoms with Crippen LogP contribution in [-0.4, -0.2) is 34.2 Å². The van der Waals surface area contributed by atoms with Crippen molar-refractivity contribution in [1.29, 1.82) is 0 Å². The number of hydrogen-bond acceptors (Lipinski definition) is 5. The van der Waals surface area contributed by atoms with Gasteiger partial charge in [0.05, 0.1) is 26.1 Å². The number of H-pyrrole nitrogens is 1. The summed E-state index contributed by atoms with van der Waals surface area (Å²) in [6.45, 7) is 0. The van der Waals surface area contributed by atoms with Crippen molar-refractivity contribution >= 4 is 5.69 Å². The minimum atomic E-state index is -0.690. The van der Waals surface area contributed by atoms with E-state index in [4.69, 9.17) is 15.2 Å². The summed E-state index contributed by atoms with van der Waals surface area (Å²) in [5.41, 5.74) is 9.85. The molecule has 2 heterocycles. The summed E-state index contributed by atoms with van der Waals surface area (Å²) in [6, 6.07) is 1.22. The smallest absolute Gasteiger partial charge is 0.171 e. The second-order valence-electron chi connectivity index (χ2n) is 6.86. The van der Waals surface area contributed by atoms with E-state index in [9.17, 15) is 8.78 Å². The topological polar surface area (TPSA) is 91.0 Å². The number of methoxy groups -OCH3 is 2. The number of aromatic amines is 1. The first-order valence-corrected chi connectivity index (χ1v) is 8.90. The number of fused-ring (bicyclic) bond motifs is 1. The van der Waals surface area contributed by atoms with E-state index in [1.165, 1.54) is 20.3 Å². The summed E-state index contributed by atoms with van der Waals surface area (Å²) >= 11 is 0. The van der Waals surface area contributed by atoms with Gasteiger partial charge in [0.25, 0.3) is 0 Å². The number of ether oxygens (including phenoxy) is 2.